The highest BCUT2D eigenvalue weighted by atomic mass is 16.5. The van der Waals surface area contributed by atoms with Crippen molar-refractivity contribution in [3.63, 3.8) is 0 Å². The number of amides is 1. The van der Waals surface area contributed by atoms with Crippen LogP contribution >= 0.6 is 0 Å². The van der Waals surface area contributed by atoms with Gasteiger partial charge >= 0.3 is 0 Å². The summed E-state index contributed by atoms with van der Waals surface area (Å²) >= 11 is 0. The van der Waals surface area contributed by atoms with E-state index in [9.17, 15) is 9.90 Å². The summed E-state index contributed by atoms with van der Waals surface area (Å²) in [7, 11) is 1.85. The van der Waals surface area contributed by atoms with Crippen molar-refractivity contribution in [2.24, 2.45) is 7.05 Å². The first-order chi connectivity index (χ1) is 11.9. The summed E-state index contributed by atoms with van der Waals surface area (Å²) < 4.78 is 7.36. The van der Waals surface area contributed by atoms with Crippen LogP contribution in [0.1, 0.15) is 36.8 Å². The van der Waals surface area contributed by atoms with Crippen molar-refractivity contribution in [1.29, 1.82) is 0 Å². The van der Waals surface area contributed by atoms with Gasteiger partial charge in [0.05, 0.1) is 18.4 Å². The predicted octanol–water partition coefficient (Wildman–Crippen LogP) is 2.38. The molecule has 0 aliphatic heterocycles. The first kappa shape index (κ1) is 18.7. The molecule has 1 amide bonds. The molecule has 0 radical (unpaired) electrons. The summed E-state index contributed by atoms with van der Waals surface area (Å²) in [5.41, 5.74) is 2.56. The molecule has 1 heterocycles. The molecule has 0 fully saturated rings. The molecule has 1 aromatic carbocycles. The number of benzene rings is 1. The number of ether oxygens (including phenoxy) is 1. The van der Waals surface area contributed by atoms with E-state index in [2.05, 4.69) is 10.4 Å². The molecule has 0 saturated carbocycles. The molecule has 6 heteroatoms. The van der Waals surface area contributed by atoms with Gasteiger partial charge in [0.25, 0.3) is 0 Å². The molecule has 25 heavy (non-hydrogen) atoms. The van der Waals surface area contributed by atoms with Gasteiger partial charge in [0.2, 0.25) is 5.91 Å². The van der Waals surface area contributed by atoms with Gasteiger partial charge in [-0.15, -0.1) is 0 Å². The molecule has 6 nitrogen and oxygen atoms in total. The molecule has 1 unspecified atom stereocenters. The van der Waals surface area contributed by atoms with Crippen LogP contribution in [0.15, 0.2) is 36.5 Å². The largest absolute Gasteiger partial charge is 0.491 e. The molecule has 0 aliphatic rings. The van der Waals surface area contributed by atoms with Gasteiger partial charge in [-0.2, -0.15) is 5.10 Å². The number of carbonyl (C=O) groups is 1. The smallest absolute Gasteiger partial charge is 0.244 e. The van der Waals surface area contributed by atoms with Crippen molar-refractivity contribution in [2.45, 2.75) is 33.0 Å². The minimum absolute atomic E-state index is 0.0631. The number of aliphatic hydroxyl groups excluding tert-OH is 1. The summed E-state index contributed by atoms with van der Waals surface area (Å²) in [4.78, 5) is 11.9. The van der Waals surface area contributed by atoms with E-state index in [1.807, 2.05) is 40.0 Å². The lowest BCUT2D eigenvalue weighted by Crippen LogP contribution is -2.26. The predicted molar refractivity (Wildman–Crippen MR) is 97.2 cm³/mol. The fraction of sp³-hybridized carbons (Fsp3) is 0.368. The Morgan fingerprint density at radius 1 is 1.44 bits per heavy atom. The topological polar surface area (TPSA) is 76.4 Å². The van der Waals surface area contributed by atoms with Gasteiger partial charge in [0.15, 0.2) is 0 Å². The third-order valence-corrected chi connectivity index (χ3v) is 3.77. The maximum absolute atomic E-state index is 11.9. The first-order valence-corrected chi connectivity index (χ1v) is 8.26. The second kappa shape index (κ2) is 8.48. The van der Waals surface area contributed by atoms with Gasteiger partial charge in [-0.25, -0.2) is 0 Å². The maximum Gasteiger partial charge on any atom is 0.244 e. The van der Waals surface area contributed by atoms with Crippen LogP contribution in [0.2, 0.25) is 0 Å². The summed E-state index contributed by atoms with van der Waals surface area (Å²) in [5.74, 6) is 0.432. The minimum Gasteiger partial charge on any atom is -0.491 e. The zero-order valence-corrected chi connectivity index (χ0v) is 15.1. The van der Waals surface area contributed by atoms with Gasteiger partial charge < -0.3 is 15.2 Å². The van der Waals surface area contributed by atoms with Crippen LogP contribution in [0.4, 0.5) is 0 Å². The lowest BCUT2D eigenvalue weighted by Gasteiger charge is -2.14. The third-order valence-electron chi connectivity index (χ3n) is 3.77. The fourth-order valence-electron chi connectivity index (χ4n) is 2.29. The molecule has 2 rings (SSSR count). The number of aliphatic hydroxyl groups is 1. The van der Waals surface area contributed by atoms with Gasteiger partial charge in [-0.3, -0.25) is 9.48 Å². The average molecular weight is 343 g/mol. The molecule has 0 spiro atoms. The summed E-state index contributed by atoms with van der Waals surface area (Å²) in [6, 6.07) is 7.25. The Bertz CT molecular complexity index is 750. The normalized spacial score (nSPS) is 12.6. The van der Waals surface area contributed by atoms with E-state index >= 15 is 0 Å². The monoisotopic (exact) mass is 343 g/mol. The Morgan fingerprint density at radius 3 is 2.84 bits per heavy atom. The fourth-order valence-corrected chi connectivity index (χ4v) is 2.29. The first-order valence-electron chi connectivity index (χ1n) is 8.26. The second-order valence-corrected chi connectivity index (χ2v) is 6.14. The van der Waals surface area contributed by atoms with Crippen LogP contribution in [0.5, 0.6) is 5.75 Å². The van der Waals surface area contributed by atoms with E-state index in [0.717, 1.165) is 11.3 Å². The average Bonchev–Trinajstić information content (AvgIpc) is 2.89. The second-order valence-electron chi connectivity index (χ2n) is 6.14. The molecule has 0 saturated heterocycles. The standard InChI is InChI=1S/C19H25N3O3/c1-13(2)25-17-7-5-6-15(10-17)18(23)12-20-19(24)9-8-16-11-21-22(4)14(16)3/h5-11,13,18,23H,12H2,1-4H3,(H,20,24)/b9-8+. The molecule has 2 N–H and O–H groups in total. The molecule has 0 bridgehead atoms. The number of carbonyl (C=O) groups excluding carboxylic acids is 1. The summed E-state index contributed by atoms with van der Waals surface area (Å²) in [6.45, 7) is 5.94. The van der Waals surface area contributed by atoms with E-state index in [4.69, 9.17) is 4.74 Å². The number of hydrogen-bond donors (Lipinski definition) is 2. The summed E-state index contributed by atoms with van der Waals surface area (Å²) in [5, 5.41) is 17.1. The van der Waals surface area contributed by atoms with Crippen LogP contribution in [0.25, 0.3) is 6.08 Å². The van der Waals surface area contributed by atoms with E-state index in [1.54, 1.807) is 29.1 Å². The van der Waals surface area contributed by atoms with Crippen molar-refractivity contribution >= 4 is 12.0 Å². The molecule has 1 atom stereocenters. The van der Waals surface area contributed by atoms with Crippen LogP contribution in [-0.2, 0) is 11.8 Å². The Hall–Kier alpha value is -2.60. The molecule has 134 valence electrons. The molecular formula is C19H25N3O3. The highest BCUT2D eigenvalue weighted by Crippen LogP contribution is 2.20. The van der Waals surface area contributed by atoms with Crippen LogP contribution in [0, 0.1) is 6.92 Å². The maximum atomic E-state index is 11.9. The SMILES string of the molecule is Cc1c(/C=C/C(=O)NCC(O)c2cccc(OC(C)C)c2)cnn1C. The lowest BCUT2D eigenvalue weighted by atomic mass is 10.1. The quantitative estimate of drug-likeness (QED) is 0.757. The van der Waals surface area contributed by atoms with Gasteiger partial charge in [-0.05, 0) is 44.5 Å². The third kappa shape index (κ3) is 5.46. The van der Waals surface area contributed by atoms with E-state index in [1.165, 1.54) is 6.08 Å². The Labute approximate surface area is 148 Å². The van der Waals surface area contributed by atoms with E-state index < -0.39 is 6.10 Å². The van der Waals surface area contributed by atoms with Crippen molar-refractivity contribution in [3.05, 3.63) is 53.4 Å². The van der Waals surface area contributed by atoms with Crippen molar-refractivity contribution in [1.82, 2.24) is 15.1 Å². The molecular weight excluding hydrogens is 318 g/mol. The zero-order chi connectivity index (χ0) is 18.4. The van der Waals surface area contributed by atoms with E-state index in [0.29, 0.717) is 11.3 Å². The number of nitrogens with zero attached hydrogens (tertiary/aromatic N) is 2. The number of rotatable bonds is 7. The molecule has 1 aromatic heterocycles. The van der Waals surface area contributed by atoms with Crippen LogP contribution in [-0.4, -0.2) is 33.4 Å². The zero-order valence-electron chi connectivity index (χ0n) is 15.1. The highest BCUT2D eigenvalue weighted by Gasteiger charge is 2.10. The van der Waals surface area contributed by atoms with Gasteiger partial charge in [0.1, 0.15) is 5.75 Å². The van der Waals surface area contributed by atoms with E-state index in [-0.39, 0.29) is 18.6 Å². The number of hydrogen-bond acceptors (Lipinski definition) is 4. The van der Waals surface area contributed by atoms with Crippen molar-refractivity contribution in [2.75, 3.05) is 6.54 Å². The number of aryl methyl sites for hydroxylation is 1. The lowest BCUT2D eigenvalue weighted by molar-refractivity contribution is -0.116. The van der Waals surface area contributed by atoms with Crippen LogP contribution < -0.4 is 10.1 Å². The van der Waals surface area contributed by atoms with Gasteiger partial charge in [0, 0.05) is 30.9 Å². The Kier molecular flexibility index (Phi) is 6.36. The van der Waals surface area contributed by atoms with Crippen molar-refractivity contribution in [3.8, 4) is 5.75 Å². The van der Waals surface area contributed by atoms with Crippen molar-refractivity contribution < 1.29 is 14.6 Å². The Morgan fingerprint density at radius 2 is 2.20 bits per heavy atom. The minimum atomic E-state index is -0.798. The van der Waals surface area contributed by atoms with Crippen LogP contribution in [0.3, 0.4) is 0 Å². The number of aromatic nitrogens is 2. The molecule has 0 aliphatic carbocycles. The number of nitrogens with one attached hydrogen (secondary N) is 1. The van der Waals surface area contributed by atoms with Gasteiger partial charge in [-0.1, -0.05) is 12.1 Å². The molecule has 2 aromatic rings. The highest BCUT2D eigenvalue weighted by molar-refractivity contribution is 5.91. The summed E-state index contributed by atoms with van der Waals surface area (Å²) in [6.07, 6.45) is 4.12. The Balaban J connectivity index is 1.90.